The molecule has 0 bridgehead atoms. The van der Waals surface area contributed by atoms with Gasteiger partial charge in [0, 0.05) is 23.3 Å². The summed E-state index contributed by atoms with van der Waals surface area (Å²) in [4.78, 5) is 13.2. The van der Waals surface area contributed by atoms with Gasteiger partial charge >= 0.3 is 6.09 Å². The monoisotopic (exact) mass is 532 g/mol. The molecule has 0 saturated heterocycles. The number of rotatable bonds is 7. The molecule has 0 N–H and O–H groups in total. The molecule has 8 heteroatoms. The summed E-state index contributed by atoms with van der Waals surface area (Å²) in [5.41, 5.74) is 2.39. The predicted molar refractivity (Wildman–Crippen MR) is 150 cm³/mol. The zero-order chi connectivity index (χ0) is 27.5. The topological polar surface area (TPSA) is 77.8 Å². The van der Waals surface area contributed by atoms with E-state index in [1.807, 2.05) is 43.3 Å². The predicted octanol–water partition coefficient (Wildman–Crippen LogP) is 6.60. The standard InChI is InChI=1S/C30H32N2O5S/c1-22-11-14-26(15-12-22)38(34,35)31(20-23-9-7-6-8-10-23)18-17-24-21-32(29(33)37-30(2,3)4)28-16-13-25(36-5)19-27(24)28/h6-19,21H,20H2,1-5H3/b18-17+. The number of carbonyl (C=O) groups excluding carboxylic acids is 1. The summed E-state index contributed by atoms with van der Waals surface area (Å²) >= 11 is 0. The SMILES string of the molecule is COc1ccc2c(c1)c(/C=C/N(Cc1ccccc1)S(=O)(=O)c1ccc(C)cc1)cn2C(=O)OC(C)(C)C. The Balaban J connectivity index is 1.80. The molecule has 0 saturated carbocycles. The van der Waals surface area contributed by atoms with Gasteiger partial charge in [0.05, 0.1) is 24.1 Å². The van der Waals surface area contributed by atoms with Crippen LogP contribution in [0.1, 0.15) is 37.5 Å². The van der Waals surface area contributed by atoms with Crippen LogP contribution in [0.2, 0.25) is 0 Å². The molecule has 3 aromatic carbocycles. The summed E-state index contributed by atoms with van der Waals surface area (Å²) in [6.07, 6.45) is 4.35. The van der Waals surface area contributed by atoms with Gasteiger partial charge in [0.15, 0.2) is 0 Å². The Morgan fingerprint density at radius 3 is 2.32 bits per heavy atom. The molecule has 0 aliphatic rings. The van der Waals surface area contributed by atoms with E-state index in [2.05, 4.69) is 0 Å². The fraction of sp³-hybridized carbons (Fsp3) is 0.233. The number of nitrogens with zero attached hydrogens (tertiary/aromatic N) is 2. The van der Waals surface area contributed by atoms with Gasteiger partial charge in [0.25, 0.3) is 10.0 Å². The van der Waals surface area contributed by atoms with Crippen molar-refractivity contribution in [1.29, 1.82) is 0 Å². The summed E-state index contributed by atoms with van der Waals surface area (Å²) in [7, 11) is -2.30. The van der Waals surface area contributed by atoms with E-state index in [9.17, 15) is 13.2 Å². The highest BCUT2D eigenvalue weighted by molar-refractivity contribution is 7.89. The van der Waals surface area contributed by atoms with Crippen LogP contribution < -0.4 is 4.74 Å². The highest BCUT2D eigenvalue weighted by atomic mass is 32.2. The number of aryl methyl sites for hydroxylation is 1. The number of methoxy groups -OCH3 is 1. The average Bonchev–Trinajstić information content (AvgIpc) is 3.24. The Morgan fingerprint density at radius 2 is 1.68 bits per heavy atom. The molecule has 0 unspecified atom stereocenters. The quantitative estimate of drug-likeness (QED) is 0.268. The second-order valence-corrected chi connectivity index (χ2v) is 11.9. The van der Waals surface area contributed by atoms with Gasteiger partial charge in [-0.15, -0.1) is 0 Å². The Kier molecular flexibility index (Phi) is 7.64. The third-order valence-corrected chi connectivity index (χ3v) is 7.60. The van der Waals surface area contributed by atoms with Crippen LogP contribution in [0.15, 0.2) is 90.1 Å². The van der Waals surface area contributed by atoms with E-state index in [0.717, 1.165) is 16.5 Å². The zero-order valence-corrected chi connectivity index (χ0v) is 23.0. The van der Waals surface area contributed by atoms with Gasteiger partial charge in [-0.25, -0.2) is 13.2 Å². The lowest BCUT2D eigenvalue weighted by molar-refractivity contribution is 0.0544. The van der Waals surface area contributed by atoms with E-state index in [1.165, 1.54) is 15.1 Å². The molecular weight excluding hydrogens is 500 g/mol. The molecule has 38 heavy (non-hydrogen) atoms. The maximum atomic E-state index is 13.7. The molecule has 0 radical (unpaired) electrons. The largest absolute Gasteiger partial charge is 0.497 e. The maximum absolute atomic E-state index is 13.7. The van der Waals surface area contributed by atoms with Crippen LogP contribution in [0.4, 0.5) is 4.79 Å². The van der Waals surface area contributed by atoms with Gasteiger partial charge in [0.2, 0.25) is 0 Å². The fourth-order valence-electron chi connectivity index (χ4n) is 3.95. The smallest absolute Gasteiger partial charge is 0.419 e. The Bertz CT molecular complexity index is 1560. The number of carbonyl (C=O) groups is 1. The van der Waals surface area contributed by atoms with Crippen molar-refractivity contribution in [1.82, 2.24) is 8.87 Å². The number of hydrogen-bond acceptors (Lipinski definition) is 5. The summed E-state index contributed by atoms with van der Waals surface area (Å²) in [6, 6.07) is 21.5. The molecule has 7 nitrogen and oxygen atoms in total. The molecular formula is C30H32N2O5S. The summed E-state index contributed by atoms with van der Waals surface area (Å²) in [6.45, 7) is 7.46. The third kappa shape index (κ3) is 6.08. The van der Waals surface area contributed by atoms with E-state index in [1.54, 1.807) is 76.6 Å². The number of ether oxygens (including phenoxy) is 2. The Hall–Kier alpha value is -4.04. The van der Waals surface area contributed by atoms with Crippen LogP contribution in [-0.4, -0.2) is 36.1 Å². The highest BCUT2D eigenvalue weighted by Gasteiger charge is 2.23. The molecule has 0 atom stereocenters. The first kappa shape index (κ1) is 27.0. The molecule has 1 aromatic heterocycles. The average molecular weight is 533 g/mol. The van der Waals surface area contributed by atoms with Gasteiger partial charge in [-0.05, 0) is 69.7 Å². The van der Waals surface area contributed by atoms with E-state index in [4.69, 9.17) is 9.47 Å². The van der Waals surface area contributed by atoms with Gasteiger partial charge in [-0.1, -0.05) is 48.0 Å². The van der Waals surface area contributed by atoms with Crippen molar-refractivity contribution < 1.29 is 22.7 Å². The second kappa shape index (κ2) is 10.8. The summed E-state index contributed by atoms with van der Waals surface area (Å²) in [5.74, 6) is 0.613. The Labute approximate surface area is 224 Å². The molecule has 0 aliphatic carbocycles. The normalized spacial score (nSPS) is 12.1. The number of aromatic nitrogens is 1. The second-order valence-electron chi connectivity index (χ2n) is 9.98. The minimum atomic E-state index is -3.86. The van der Waals surface area contributed by atoms with E-state index in [-0.39, 0.29) is 11.4 Å². The first-order chi connectivity index (χ1) is 18.0. The van der Waals surface area contributed by atoms with E-state index >= 15 is 0 Å². The molecule has 0 fully saturated rings. The Morgan fingerprint density at radius 1 is 1.00 bits per heavy atom. The van der Waals surface area contributed by atoms with E-state index < -0.39 is 21.7 Å². The van der Waals surface area contributed by atoms with Crippen molar-refractivity contribution in [3.05, 3.63) is 102 Å². The van der Waals surface area contributed by atoms with Crippen LogP contribution in [0.25, 0.3) is 17.0 Å². The van der Waals surface area contributed by atoms with Crippen LogP contribution in [0, 0.1) is 6.92 Å². The molecule has 198 valence electrons. The fourth-order valence-corrected chi connectivity index (χ4v) is 5.24. The van der Waals surface area contributed by atoms with Crippen molar-refractivity contribution in [3.63, 3.8) is 0 Å². The first-order valence-corrected chi connectivity index (χ1v) is 13.6. The van der Waals surface area contributed by atoms with Crippen molar-refractivity contribution in [2.45, 2.75) is 44.7 Å². The molecule has 4 rings (SSSR count). The van der Waals surface area contributed by atoms with Crippen molar-refractivity contribution in [2.24, 2.45) is 0 Å². The molecule has 4 aromatic rings. The van der Waals surface area contributed by atoms with Crippen LogP contribution in [0.5, 0.6) is 5.75 Å². The number of fused-ring (bicyclic) bond motifs is 1. The lowest BCUT2D eigenvalue weighted by Crippen LogP contribution is -2.26. The van der Waals surface area contributed by atoms with Crippen molar-refractivity contribution >= 4 is 33.1 Å². The lowest BCUT2D eigenvalue weighted by Gasteiger charge is -2.21. The molecule has 0 spiro atoms. The van der Waals surface area contributed by atoms with Crippen LogP contribution >= 0.6 is 0 Å². The number of hydrogen-bond donors (Lipinski definition) is 0. The summed E-state index contributed by atoms with van der Waals surface area (Å²) in [5, 5.41) is 0.721. The lowest BCUT2D eigenvalue weighted by atomic mass is 10.1. The highest BCUT2D eigenvalue weighted by Crippen LogP contribution is 2.29. The minimum absolute atomic E-state index is 0.140. The number of benzene rings is 3. The van der Waals surface area contributed by atoms with Crippen molar-refractivity contribution in [2.75, 3.05) is 7.11 Å². The number of sulfonamides is 1. The van der Waals surface area contributed by atoms with Crippen LogP contribution in [-0.2, 0) is 21.3 Å². The van der Waals surface area contributed by atoms with Gasteiger partial charge in [-0.3, -0.25) is 8.87 Å². The maximum Gasteiger partial charge on any atom is 0.419 e. The van der Waals surface area contributed by atoms with Gasteiger partial charge in [0.1, 0.15) is 11.4 Å². The molecule has 0 aliphatic heterocycles. The van der Waals surface area contributed by atoms with Gasteiger partial charge in [-0.2, -0.15) is 0 Å². The van der Waals surface area contributed by atoms with Crippen LogP contribution in [0.3, 0.4) is 0 Å². The molecule has 0 amide bonds. The molecule has 1 heterocycles. The zero-order valence-electron chi connectivity index (χ0n) is 22.2. The third-order valence-electron chi connectivity index (χ3n) is 5.86. The minimum Gasteiger partial charge on any atom is -0.497 e. The van der Waals surface area contributed by atoms with E-state index in [0.29, 0.717) is 16.8 Å². The first-order valence-electron chi connectivity index (χ1n) is 12.2. The van der Waals surface area contributed by atoms with Gasteiger partial charge < -0.3 is 9.47 Å². The summed E-state index contributed by atoms with van der Waals surface area (Å²) < 4.78 is 41.1. The van der Waals surface area contributed by atoms with Crippen molar-refractivity contribution in [3.8, 4) is 5.75 Å².